The number of carbonyl (C=O) groups excluding carboxylic acids is 1. The van der Waals surface area contributed by atoms with E-state index < -0.39 is 10.0 Å². The highest BCUT2D eigenvalue weighted by atomic mass is 35.5. The van der Waals surface area contributed by atoms with Gasteiger partial charge < -0.3 is 5.32 Å². The molecule has 2 aromatic carbocycles. The summed E-state index contributed by atoms with van der Waals surface area (Å²) in [6.45, 7) is 4.55. The number of rotatable bonds is 5. The van der Waals surface area contributed by atoms with Gasteiger partial charge in [-0.05, 0) is 55.5 Å². The van der Waals surface area contributed by atoms with Gasteiger partial charge in [0.1, 0.15) is 0 Å². The van der Waals surface area contributed by atoms with Gasteiger partial charge in [-0.3, -0.25) is 4.79 Å². The summed E-state index contributed by atoms with van der Waals surface area (Å²) in [6, 6.07) is 12.7. The Balaban J connectivity index is 1.70. The zero-order chi connectivity index (χ0) is 20.3. The van der Waals surface area contributed by atoms with Crippen LogP contribution in [-0.2, 0) is 20.6 Å². The number of benzene rings is 2. The third-order valence-electron chi connectivity index (χ3n) is 5.12. The lowest BCUT2D eigenvalue weighted by atomic mass is 9.98. The minimum atomic E-state index is -3.51. The van der Waals surface area contributed by atoms with Crippen LogP contribution in [0.1, 0.15) is 29.5 Å². The molecule has 5 nitrogen and oxygen atoms in total. The van der Waals surface area contributed by atoms with Crippen molar-refractivity contribution >= 4 is 33.2 Å². The molecule has 0 aliphatic carbocycles. The Morgan fingerprint density at radius 3 is 2.54 bits per heavy atom. The first kappa shape index (κ1) is 20.8. The first-order valence-electron chi connectivity index (χ1n) is 9.35. The molecule has 1 atom stereocenters. The molecule has 0 saturated carbocycles. The molecular weight excluding hydrogens is 396 g/mol. The molecule has 0 radical (unpaired) electrons. The fourth-order valence-electron chi connectivity index (χ4n) is 3.57. The van der Waals surface area contributed by atoms with Gasteiger partial charge in [0.25, 0.3) is 0 Å². The van der Waals surface area contributed by atoms with E-state index in [4.69, 9.17) is 11.6 Å². The van der Waals surface area contributed by atoms with Gasteiger partial charge in [0.15, 0.2) is 0 Å². The van der Waals surface area contributed by atoms with Crippen LogP contribution in [0.3, 0.4) is 0 Å². The highest BCUT2D eigenvalue weighted by Gasteiger charge is 2.32. The number of carbonyl (C=O) groups is 1. The minimum absolute atomic E-state index is 0.112. The van der Waals surface area contributed by atoms with Crippen molar-refractivity contribution in [2.24, 2.45) is 5.92 Å². The van der Waals surface area contributed by atoms with Crippen LogP contribution in [0.25, 0.3) is 0 Å². The van der Waals surface area contributed by atoms with Crippen LogP contribution >= 0.6 is 11.6 Å². The van der Waals surface area contributed by atoms with E-state index in [1.807, 2.05) is 32.0 Å². The smallest absolute Gasteiger partial charge is 0.228 e. The standard InChI is InChI=1S/C21H25ClN2O3S/c1-15-6-3-7-16(2)20(15)23-21(25)18-9-5-11-24(13-18)28(26,27)14-17-8-4-10-19(22)12-17/h3-4,6-8,10,12,18H,5,9,11,13-14H2,1-2H3,(H,23,25)/t18-/m1/s1. The summed E-state index contributed by atoms with van der Waals surface area (Å²) in [5, 5.41) is 3.51. The molecule has 3 rings (SSSR count). The average molecular weight is 421 g/mol. The summed E-state index contributed by atoms with van der Waals surface area (Å²) >= 11 is 5.97. The molecule has 1 N–H and O–H groups in total. The van der Waals surface area contributed by atoms with Crippen molar-refractivity contribution in [1.29, 1.82) is 0 Å². The Morgan fingerprint density at radius 1 is 1.18 bits per heavy atom. The predicted octanol–water partition coefficient (Wildman–Crippen LogP) is 4.14. The molecule has 28 heavy (non-hydrogen) atoms. The van der Waals surface area contributed by atoms with Gasteiger partial charge in [0.2, 0.25) is 15.9 Å². The maximum absolute atomic E-state index is 12.9. The van der Waals surface area contributed by atoms with E-state index in [0.717, 1.165) is 16.8 Å². The largest absolute Gasteiger partial charge is 0.325 e. The highest BCUT2D eigenvalue weighted by Crippen LogP contribution is 2.25. The lowest BCUT2D eigenvalue weighted by Gasteiger charge is -2.31. The molecule has 150 valence electrons. The lowest BCUT2D eigenvalue weighted by Crippen LogP contribution is -2.44. The van der Waals surface area contributed by atoms with Crippen molar-refractivity contribution < 1.29 is 13.2 Å². The molecule has 0 bridgehead atoms. The molecule has 7 heteroatoms. The van der Waals surface area contributed by atoms with Crippen LogP contribution in [0.2, 0.25) is 5.02 Å². The van der Waals surface area contributed by atoms with E-state index in [9.17, 15) is 13.2 Å². The first-order chi connectivity index (χ1) is 13.3. The number of nitrogens with zero attached hydrogens (tertiary/aromatic N) is 1. The second-order valence-electron chi connectivity index (χ2n) is 7.34. The fraction of sp³-hybridized carbons (Fsp3) is 0.381. The Labute approximate surface area is 171 Å². The van der Waals surface area contributed by atoms with E-state index in [0.29, 0.717) is 30.0 Å². The maximum Gasteiger partial charge on any atom is 0.228 e. The fourth-order valence-corrected chi connectivity index (χ4v) is 5.39. The third kappa shape index (κ3) is 4.93. The average Bonchev–Trinajstić information content (AvgIpc) is 2.64. The van der Waals surface area contributed by atoms with Crippen molar-refractivity contribution in [2.45, 2.75) is 32.4 Å². The topological polar surface area (TPSA) is 66.5 Å². The molecule has 2 aromatic rings. The number of hydrogen-bond donors (Lipinski definition) is 1. The van der Waals surface area contributed by atoms with Gasteiger partial charge in [-0.1, -0.05) is 41.9 Å². The van der Waals surface area contributed by atoms with E-state index in [1.165, 1.54) is 4.31 Å². The first-order valence-corrected chi connectivity index (χ1v) is 11.3. The zero-order valence-corrected chi connectivity index (χ0v) is 17.7. The summed E-state index contributed by atoms with van der Waals surface area (Å²) in [5.74, 6) is -0.597. The van der Waals surface area contributed by atoms with Crippen molar-refractivity contribution in [2.75, 3.05) is 18.4 Å². The summed E-state index contributed by atoms with van der Waals surface area (Å²) in [7, 11) is -3.51. The van der Waals surface area contributed by atoms with E-state index in [2.05, 4.69) is 5.32 Å². The van der Waals surface area contributed by atoms with Crippen LogP contribution in [-0.4, -0.2) is 31.7 Å². The SMILES string of the molecule is Cc1cccc(C)c1NC(=O)[C@@H]1CCCN(S(=O)(=O)Cc2cccc(Cl)c2)C1. The molecule has 1 saturated heterocycles. The molecule has 0 spiro atoms. The van der Waals surface area contributed by atoms with Gasteiger partial charge in [0.05, 0.1) is 11.7 Å². The lowest BCUT2D eigenvalue weighted by molar-refractivity contribution is -0.120. The number of sulfonamides is 1. The van der Waals surface area contributed by atoms with Gasteiger partial charge in [0, 0.05) is 23.8 Å². The second kappa shape index (κ2) is 8.64. The number of para-hydroxylation sites is 1. The molecule has 1 fully saturated rings. The van der Waals surface area contributed by atoms with Crippen molar-refractivity contribution in [3.8, 4) is 0 Å². The summed E-state index contributed by atoms with van der Waals surface area (Å²) in [5.41, 5.74) is 3.45. The van der Waals surface area contributed by atoms with Crippen LogP contribution in [0.15, 0.2) is 42.5 Å². The highest BCUT2D eigenvalue weighted by molar-refractivity contribution is 7.88. The second-order valence-corrected chi connectivity index (χ2v) is 9.74. The molecule has 0 unspecified atom stereocenters. The van der Waals surface area contributed by atoms with Gasteiger partial charge in [-0.25, -0.2) is 12.7 Å². The van der Waals surface area contributed by atoms with Crippen LogP contribution in [0.5, 0.6) is 0 Å². The molecule has 1 aliphatic heterocycles. The third-order valence-corrected chi connectivity index (χ3v) is 7.17. The van der Waals surface area contributed by atoms with Crippen LogP contribution in [0.4, 0.5) is 5.69 Å². The Bertz CT molecular complexity index is 955. The Hall–Kier alpha value is -1.89. The summed E-state index contributed by atoms with van der Waals surface area (Å²) in [6.07, 6.45) is 1.35. The number of nitrogens with one attached hydrogen (secondary N) is 1. The predicted molar refractivity (Wildman–Crippen MR) is 113 cm³/mol. The molecule has 0 aromatic heterocycles. The van der Waals surface area contributed by atoms with Gasteiger partial charge in [-0.15, -0.1) is 0 Å². The Morgan fingerprint density at radius 2 is 1.86 bits per heavy atom. The summed E-state index contributed by atoms with van der Waals surface area (Å²) in [4.78, 5) is 12.8. The normalized spacial score (nSPS) is 18.0. The quantitative estimate of drug-likeness (QED) is 0.790. The van der Waals surface area contributed by atoms with Crippen LogP contribution < -0.4 is 5.32 Å². The monoisotopic (exact) mass is 420 g/mol. The maximum atomic E-state index is 12.9. The number of aryl methyl sites for hydroxylation is 2. The van der Waals surface area contributed by atoms with E-state index in [-0.39, 0.29) is 24.1 Å². The summed E-state index contributed by atoms with van der Waals surface area (Å²) < 4.78 is 27.1. The number of anilines is 1. The number of piperidine rings is 1. The van der Waals surface area contributed by atoms with E-state index in [1.54, 1.807) is 24.3 Å². The van der Waals surface area contributed by atoms with Gasteiger partial charge >= 0.3 is 0 Å². The van der Waals surface area contributed by atoms with Crippen molar-refractivity contribution in [3.63, 3.8) is 0 Å². The van der Waals surface area contributed by atoms with Crippen molar-refractivity contribution in [3.05, 3.63) is 64.2 Å². The Kier molecular flexibility index (Phi) is 6.43. The van der Waals surface area contributed by atoms with E-state index >= 15 is 0 Å². The minimum Gasteiger partial charge on any atom is -0.325 e. The van der Waals surface area contributed by atoms with Gasteiger partial charge in [-0.2, -0.15) is 0 Å². The molecule has 1 aliphatic rings. The molecule has 1 heterocycles. The zero-order valence-electron chi connectivity index (χ0n) is 16.1. The number of hydrogen-bond acceptors (Lipinski definition) is 3. The van der Waals surface area contributed by atoms with Crippen LogP contribution in [0, 0.1) is 19.8 Å². The number of halogens is 1. The van der Waals surface area contributed by atoms with Crippen molar-refractivity contribution in [1.82, 2.24) is 4.31 Å². The molecular formula is C21H25ClN2O3S. The number of amides is 1. The molecule has 1 amide bonds.